The summed E-state index contributed by atoms with van der Waals surface area (Å²) in [6, 6.07) is 14.4. The number of carboxylic acid groups (broad SMARTS) is 2. The second kappa shape index (κ2) is 8.96. The second-order valence-corrected chi connectivity index (χ2v) is 5.57. The molecule has 2 rings (SSSR count). The summed E-state index contributed by atoms with van der Waals surface area (Å²) < 4.78 is 4.92. The van der Waals surface area contributed by atoms with Crippen LogP contribution in [0.3, 0.4) is 0 Å². The number of rotatable bonds is 9. The monoisotopic (exact) mass is 344 g/mol. The number of aliphatic hydroxyl groups excluding tert-OH is 1. The van der Waals surface area contributed by atoms with Crippen LogP contribution in [-0.4, -0.2) is 46.1 Å². The summed E-state index contributed by atoms with van der Waals surface area (Å²) in [4.78, 5) is 21.5. The first-order valence-electron chi connectivity index (χ1n) is 7.87. The molecule has 0 bridgehead atoms. The van der Waals surface area contributed by atoms with Crippen molar-refractivity contribution in [1.82, 2.24) is 0 Å². The molecule has 0 spiro atoms. The zero-order chi connectivity index (χ0) is 18.2. The van der Waals surface area contributed by atoms with Crippen LogP contribution in [0.15, 0.2) is 54.6 Å². The van der Waals surface area contributed by atoms with Crippen molar-refractivity contribution in [2.24, 2.45) is 0 Å². The molecule has 25 heavy (non-hydrogen) atoms. The van der Waals surface area contributed by atoms with E-state index in [0.29, 0.717) is 0 Å². The Hall–Kier alpha value is -2.70. The van der Waals surface area contributed by atoms with Crippen LogP contribution < -0.4 is 0 Å². The molecule has 2 atom stereocenters. The van der Waals surface area contributed by atoms with Gasteiger partial charge in [0.1, 0.15) is 0 Å². The van der Waals surface area contributed by atoms with E-state index in [4.69, 9.17) is 14.9 Å². The Labute approximate surface area is 145 Å². The lowest BCUT2D eigenvalue weighted by molar-refractivity contribution is -0.169. The molecule has 132 valence electrons. The summed E-state index contributed by atoms with van der Waals surface area (Å²) in [6.45, 7) is -0.0843. The Morgan fingerprint density at radius 3 is 2.40 bits per heavy atom. The van der Waals surface area contributed by atoms with Gasteiger partial charge in [-0.05, 0) is 29.2 Å². The van der Waals surface area contributed by atoms with Crippen molar-refractivity contribution in [3.8, 4) is 0 Å². The average Bonchev–Trinajstić information content (AvgIpc) is 2.60. The van der Waals surface area contributed by atoms with Crippen molar-refractivity contribution in [3.05, 3.63) is 60.2 Å². The fourth-order valence-electron chi connectivity index (χ4n) is 2.42. The van der Waals surface area contributed by atoms with Gasteiger partial charge in [0.2, 0.25) is 0 Å². The fraction of sp³-hybridized carbons (Fsp3) is 0.263. The fourth-order valence-corrected chi connectivity index (χ4v) is 2.42. The Morgan fingerprint density at radius 2 is 1.72 bits per heavy atom. The molecule has 2 aromatic rings. The van der Waals surface area contributed by atoms with Crippen LogP contribution in [0.2, 0.25) is 0 Å². The van der Waals surface area contributed by atoms with E-state index in [1.807, 2.05) is 18.2 Å². The van der Waals surface area contributed by atoms with E-state index in [1.54, 1.807) is 6.08 Å². The third kappa shape index (κ3) is 5.41. The molecule has 0 fully saturated rings. The maximum absolute atomic E-state index is 10.9. The van der Waals surface area contributed by atoms with E-state index in [0.717, 1.165) is 12.8 Å². The highest BCUT2D eigenvalue weighted by atomic mass is 16.5. The van der Waals surface area contributed by atoms with Crippen LogP contribution >= 0.6 is 0 Å². The van der Waals surface area contributed by atoms with Gasteiger partial charge >= 0.3 is 11.9 Å². The van der Waals surface area contributed by atoms with Gasteiger partial charge in [-0.3, -0.25) is 0 Å². The maximum Gasteiger partial charge on any atom is 0.336 e. The Kier molecular flexibility index (Phi) is 6.68. The standard InChI is InChI=1S/C19H20O6/c20-16(18(21)22)17(19(23)24)25-11-5-1-2-6-13-9-10-14-7-3-4-8-15(14)12-13/h1,3-5,7-10,12,16-17,20H,2,6,11H2,(H,21,22)(H,23,24)/b5-1+/t16-,17-/m1/s1. The van der Waals surface area contributed by atoms with Crippen molar-refractivity contribution in [2.45, 2.75) is 25.0 Å². The summed E-state index contributed by atoms with van der Waals surface area (Å²) in [6.07, 6.45) is 1.13. The Morgan fingerprint density at radius 1 is 1.00 bits per heavy atom. The van der Waals surface area contributed by atoms with E-state index in [9.17, 15) is 14.7 Å². The number of fused-ring (bicyclic) bond motifs is 1. The molecule has 0 saturated carbocycles. The van der Waals surface area contributed by atoms with Crippen LogP contribution in [-0.2, 0) is 20.7 Å². The predicted octanol–water partition coefficient (Wildman–Crippen LogP) is 2.24. The topological polar surface area (TPSA) is 104 Å². The number of hydrogen-bond donors (Lipinski definition) is 3. The van der Waals surface area contributed by atoms with E-state index < -0.39 is 24.1 Å². The van der Waals surface area contributed by atoms with E-state index >= 15 is 0 Å². The Bertz CT molecular complexity index is 767. The molecule has 0 amide bonds. The molecule has 6 nitrogen and oxygen atoms in total. The molecular weight excluding hydrogens is 324 g/mol. The van der Waals surface area contributed by atoms with Crippen LogP contribution in [0, 0.1) is 0 Å². The zero-order valence-corrected chi connectivity index (χ0v) is 13.5. The number of carboxylic acids is 2. The molecule has 0 radical (unpaired) electrons. The van der Waals surface area contributed by atoms with Gasteiger partial charge in [-0.25, -0.2) is 9.59 Å². The molecule has 6 heteroatoms. The number of ether oxygens (including phenoxy) is 1. The maximum atomic E-state index is 10.9. The quantitative estimate of drug-likeness (QED) is 0.603. The highest BCUT2D eigenvalue weighted by Gasteiger charge is 2.32. The molecule has 0 saturated heterocycles. The summed E-state index contributed by atoms with van der Waals surface area (Å²) in [5, 5.41) is 29.1. The van der Waals surface area contributed by atoms with Crippen LogP contribution in [0.1, 0.15) is 12.0 Å². The molecule has 0 unspecified atom stereocenters. The number of benzene rings is 2. The van der Waals surface area contributed by atoms with Gasteiger partial charge in [-0.2, -0.15) is 0 Å². The van der Waals surface area contributed by atoms with Gasteiger partial charge in [0.05, 0.1) is 6.61 Å². The molecule has 2 aromatic carbocycles. The van der Waals surface area contributed by atoms with Gasteiger partial charge < -0.3 is 20.1 Å². The normalized spacial score (nSPS) is 13.8. The molecule has 0 aliphatic carbocycles. The van der Waals surface area contributed by atoms with Crippen molar-refractivity contribution >= 4 is 22.7 Å². The number of hydrogen-bond acceptors (Lipinski definition) is 4. The van der Waals surface area contributed by atoms with E-state index in [2.05, 4.69) is 30.3 Å². The van der Waals surface area contributed by atoms with Crippen molar-refractivity contribution in [1.29, 1.82) is 0 Å². The van der Waals surface area contributed by atoms with Gasteiger partial charge in [-0.1, -0.05) is 54.6 Å². The van der Waals surface area contributed by atoms with Crippen LogP contribution in [0.5, 0.6) is 0 Å². The number of aliphatic carboxylic acids is 2. The minimum atomic E-state index is -2.09. The highest BCUT2D eigenvalue weighted by molar-refractivity contribution is 5.83. The molecule has 0 heterocycles. The number of aryl methyl sites for hydroxylation is 1. The van der Waals surface area contributed by atoms with Crippen molar-refractivity contribution in [3.63, 3.8) is 0 Å². The number of allylic oxidation sites excluding steroid dienone is 1. The van der Waals surface area contributed by atoms with Crippen LogP contribution in [0.4, 0.5) is 0 Å². The molecule has 0 aliphatic heterocycles. The summed E-state index contributed by atoms with van der Waals surface area (Å²) in [5.74, 6) is -3.15. The third-order valence-corrected chi connectivity index (χ3v) is 3.74. The van der Waals surface area contributed by atoms with Gasteiger partial charge in [0, 0.05) is 0 Å². The molecular formula is C19H20O6. The first kappa shape index (κ1) is 18.6. The smallest absolute Gasteiger partial charge is 0.336 e. The summed E-state index contributed by atoms with van der Waals surface area (Å²) >= 11 is 0. The van der Waals surface area contributed by atoms with Gasteiger partial charge in [0.25, 0.3) is 0 Å². The highest BCUT2D eigenvalue weighted by Crippen LogP contribution is 2.16. The number of aliphatic hydroxyl groups is 1. The first-order chi connectivity index (χ1) is 12.0. The van der Waals surface area contributed by atoms with Crippen LogP contribution in [0.25, 0.3) is 10.8 Å². The lowest BCUT2D eigenvalue weighted by atomic mass is 10.0. The SMILES string of the molecule is O=C(O)[C@H](O)[C@@H](OC/C=C/CCc1ccc2ccccc2c1)C(=O)O. The second-order valence-electron chi connectivity index (χ2n) is 5.57. The molecule has 0 aromatic heterocycles. The van der Waals surface area contributed by atoms with Crippen molar-refractivity contribution in [2.75, 3.05) is 6.61 Å². The zero-order valence-electron chi connectivity index (χ0n) is 13.5. The molecule has 0 aliphatic rings. The largest absolute Gasteiger partial charge is 0.479 e. The van der Waals surface area contributed by atoms with E-state index in [-0.39, 0.29) is 6.61 Å². The summed E-state index contributed by atoms with van der Waals surface area (Å²) in [5.41, 5.74) is 1.19. The van der Waals surface area contributed by atoms with E-state index in [1.165, 1.54) is 16.3 Å². The van der Waals surface area contributed by atoms with Gasteiger partial charge in [-0.15, -0.1) is 0 Å². The first-order valence-corrected chi connectivity index (χ1v) is 7.87. The lowest BCUT2D eigenvalue weighted by Crippen LogP contribution is -2.41. The Balaban J connectivity index is 1.80. The molecule has 3 N–H and O–H groups in total. The van der Waals surface area contributed by atoms with Crippen molar-refractivity contribution < 1.29 is 29.6 Å². The third-order valence-electron chi connectivity index (χ3n) is 3.74. The number of carbonyl (C=O) groups is 2. The van der Waals surface area contributed by atoms with Gasteiger partial charge in [0.15, 0.2) is 12.2 Å². The average molecular weight is 344 g/mol. The predicted molar refractivity (Wildman–Crippen MR) is 92.4 cm³/mol. The summed E-state index contributed by atoms with van der Waals surface area (Å²) in [7, 11) is 0. The minimum absolute atomic E-state index is 0.0843. The minimum Gasteiger partial charge on any atom is -0.479 e. The lowest BCUT2D eigenvalue weighted by Gasteiger charge is -2.15.